The Labute approximate surface area is 128 Å². The van der Waals surface area contributed by atoms with Crippen LogP contribution in [0.3, 0.4) is 0 Å². The highest BCUT2D eigenvalue weighted by Gasteiger charge is 2.22. The van der Waals surface area contributed by atoms with Crippen LogP contribution in [0.15, 0.2) is 18.2 Å². The van der Waals surface area contributed by atoms with E-state index in [-0.39, 0.29) is 0 Å². The Morgan fingerprint density at radius 3 is 2.75 bits per heavy atom. The number of nitrogens with zero attached hydrogens (tertiary/aromatic N) is 1. The van der Waals surface area contributed by atoms with Crippen molar-refractivity contribution in [1.82, 2.24) is 4.90 Å². The number of hydrogen-bond donors (Lipinski definition) is 1. The van der Waals surface area contributed by atoms with Crippen molar-refractivity contribution >= 4 is 17.2 Å². The van der Waals surface area contributed by atoms with Gasteiger partial charge in [0.05, 0.1) is 0 Å². The third kappa shape index (κ3) is 3.80. The van der Waals surface area contributed by atoms with Gasteiger partial charge in [-0.2, -0.15) is 0 Å². The normalized spacial score (nSPS) is 23.0. The summed E-state index contributed by atoms with van der Waals surface area (Å²) in [6, 6.07) is 7.05. The van der Waals surface area contributed by atoms with Crippen LogP contribution in [0.1, 0.15) is 49.3 Å². The number of hydrogen-bond acceptors (Lipinski definition) is 2. The van der Waals surface area contributed by atoms with Gasteiger partial charge < -0.3 is 5.73 Å². The van der Waals surface area contributed by atoms with Gasteiger partial charge in [0.15, 0.2) is 0 Å². The standard InChI is InChI=1S/C17H26N2S/c1-12-5-4-6-16(9-12)19(3)11-15-8-7-14(17(18)20)10-13(15)2/h7-8,10,12,16H,4-6,9,11H2,1-3H3,(H2,18,20). The summed E-state index contributed by atoms with van der Waals surface area (Å²) in [6.07, 6.45) is 5.44. The monoisotopic (exact) mass is 290 g/mol. The Hall–Kier alpha value is -0.930. The van der Waals surface area contributed by atoms with Gasteiger partial charge >= 0.3 is 0 Å². The van der Waals surface area contributed by atoms with Crippen LogP contribution in [0.25, 0.3) is 0 Å². The molecule has 2 N–H and O–H groups in total. The van der Waals surface area contributed by atoms with E-state index < -0.39 is 0 Å². The highest BCUT2D eigenvalue weighted by molar-refractivity contribution is 7.80. The molecular formula is C17H26N2S. The molecule has 20 heavy (non-hydrogen) atoms. The second-order valence-electron chi connectivity index (χ2n) is 6.35. The molecule has 0 saturated heterocycles. The van der Waals surface area contributed by atoms with Crippen LogP contribution in [0.2, 0.25) is 0 Å². The first-order chi connectivity index (χ1) is 9.47. The van der Waals surface area contributed by atoms with E-state index in [0.717, 1.165) is 24.1 Å². The van der Waals surface area contributed by atoms with Crippen LogP contribution in [-0.4, -0.2) is 23.0 Å². The van der Waals surface area contributed by atoms with E-state index >= 15 is 0 Å². The van der Waals surface area contributed by atoms with Crippen molar-refractivity contribution < 1.29 is 0 Å². The molecule has 1 aromatic rings. The van der Waals surface area contributed by atoms with E-state index in [9.17, 15) is 0 Å². The van der Waals surface area contributed by atoms with Crippen molar-refractivity contribution in [2.24, 2.45) is 11.7 Å². The summed E-state index contributed by atoms with van der Waals surface area (Å²) in [5.74, 6) is 0.870. The van der Waals surface area contributed by atoms with Crippen molar-refractivity contribution in [2.45, 2.75) is 52.1 Å². The summed E-state index contributed by atoms with van der Waals surface area (Å²) >= 11 is 5.04. The van der Waals surface area contributed by atoms with Gasteiger partial charge in [-0.1, -0.05) is 44.1 Å². The minimum atomic E-state index is 0.481. The maximum Gasteiger partial charge on any atom is 0.103 e. The molecule has 0 bridgehead atoms. The molecular weight excluding hydrogens is 264 g/mol. The first-order valence-electron chi connectivity index (χ1n) is 7.57. The zero-order valence-corrected chi connectivity index (χ0v) is 13.7. The molecule has 0 aromatic heterocycles. The van der Waals surface area contributed by atoms with Crippen molar-refractivity contribution in [2.75, 3.05) is 7.05 Å². The van der Waals surface area contributed by atoms with Crippen molar-refractivity contribution in [3.8, 4) is 0 Å². The first-order valence-corrected chi connectivity index (χ1v) is 7.97. The lowest BCUT2D eigenvalue weighted by Crippen LogP contribution is -2.35. The number of benzene rings is 1. The van der Waals surface area contributed by atoms with Gasteiger partial charge in [-0.05, 0) is 49.9 Å². The van der Waals surface area contributed by atoms with Crippen molar-refractivity contribution in [1.29, 1.82) is 0 Å². The van der Waals surface area contributed by atoms with E-state index in [1.54, 1.807) is 0 Å². The lowest BCUT2D eigenvalue weighted by molar-refractivity contribution is 0.157. The topological polar surface area (TPSA) is 29.3 Å². The predicted octanol–water partition coefficient (Wildman–Crippen LogP) is 3.64. The largest absolute Gasteiger partial charge is 0.389 e. The first kappa shape index (κ1) is 15.5. The lowest BCUT2D eigenvalue weighted by atomic mass is 9.86. The van der Waals surface area contributed by atoms with Gasteiger partial charge in [0, 0.05) is 18.2 Å². The average Bonchev–Trinajstić information content (AvgIpc) is 2.40. The Morgan fingerprint density at radius 1 is 1.40 bits per heavy atom. The third-order valence-corrected chi connectivity index (χ3v) is 4.81. The minimum absolute atomic E-state index is 0.481. The van der Waals surface area contributed by atoms with Crippen LogP contribution < -0.4 is 5.73 Å². The van der Waals surface area contributed by atoms with Gasteiger partial charge in [-0.3, -0.25) is 4.90 Å². The van der Waals surface area contributed by atoms with Gasteiger partial charge in [0.2, 0.25) is 0 Å². The molecule has 2 unspecified atom stereocenters. The van der Waals surface area contributed by atoms with E-state index in [4.69, 9.17) is 18.0 Å². The quantitative estimate of drug-likeness (QED) is 0.859. The summed E-state index contributed by atoms with van der Waals surface area (Å²) in [6.45, 7) is 5.54. The maximum absolute atomic E-state index is 5.69. The fourth-order valence-electron chi connectivity index (χ4n) is 3.23. The molecule has 1 aliphatic rings. The van der Waals surface area contributed by atoms with Crippen molar-refractivity contribution in [3.63, 3.8) is 0 Å². The van der Waals surface area contributed by atoms with E-state index in [2.05, 4.69) is 37.9 Å². The fraction of sp³-hybridized carbons (Fsp3) is 0.588. The third-order valence-electron chi connectivity index (χ3n) is 4.58. The second-order valence-corrected chi connectivity index (χ2v) is 6.79. The number of nitrogens with two attached hydrogens (primary N) is 1. The zero-order chi connectivity index (χ0) is 14.7. The Kier molecular flexibility index (Phi) is 5.17. The SMILES string of the molecule is Cc1cc(C(N)=S)ccc1CN(C)C1CCCC(C)C1. The molecule has 0 spiro atoms. The van der Waals surface area contributed by atoms with E-state index in [0.29, 0.717) is 4.99 Å². The molecule has 2 rings (SSSR count). The van der Waals surface area contributed by atoms with E-state index in [1.165, 1.54) is 36.8 Å². The van der Waals surface area contributed by atoms with Crippen molar-refractivity contribution in [3.05, 3.63) is 34.9 Å². The highest BCUT2D eigenvalue weighted by atomic mass is 32.1. The maximum atomic E-state index is 5.69. The molecule has 1 fully saturated rings. The summed E-state index contributed by atoms with van der Waals surface area (Å²) < 4.78 is 0. The molecule has 0 amide bonds. The van der Waals surface area contributed by atoms with Gasteiger partial charge in [0.25, 0.3) is 0 Å². The number of rotatable bonds is 4. The summed E-state index contributed by atoms with van der Waals surface area (Å²) in [7, 11) is 2.25. The van der Waals surface area contributed by atoms with Gasteiger partial charge in [-0.25, -0.2) is 0 Å². The number of thiocarbonyl (C=S) groups is 1. The molecule has 0 radical (unpaired) electrons. The second kappa shape index (κ2) is 6.68. The smallest absolute Gasteiger partial charge is 0.103 e. The molecule has 1 saturated carbocycles. The van der Waals surface area contributed by atoms with Crippen LogP contribution in [0.5, 0.6) is 0 Å². The number of aryl methyl sites for hydroxylation is 1. The zero-order valence-electron chi connectivity index (χ0n) is 12.9. The van der Waals surface area contributed by atoms with Crippen LogP contribution >= 0.6 is 12.2 Å². The lowest BCUT2D eigenvalue weighted by Gasteiger charge is -2.34. The molecule has 2 atom stereocenters. The van der Waals surface area contributed by atoms with E-state index in [1.807, 2.05) is 6.07 Å². The molecule has 2 nitrogen and oxygen atoms in total. The van der Waals surface area contributed by atoms with Crippen LogP contribution in [0, 0.1) is 12.8 Å². The molecule has 0 aliphatic heterocycles. The molecule has 0 heterocycles. The summed E-state index contributed by atoms with van der Waals surface area (Å²) in [5.41, 5.74) is 9.32. The fourth-order valence-corrected chi connectivity index (χ4v) is 3.35. The molecule has 1 aliphatic carbocycles. The minimum Gasteiger partial charge on any atom is -0.389 e. The van der Waals surface area contributed by atoms with Crippen LogP contribution in [0.4, 0.5) is 0 Å². The van der Waals surface area contributed by atoms with Gasteiger partial charge in [0.1, 0.15) is 4.99 Å². The average molecular weight is 290 g/mol. The molecule has 1 aromatic carbocycles. The highest BCUT2D eigenvalue weighted by Crippen LogP contribution is 2.27. The van der Waals surface area contributed by atoms with Gasteiger partial charge in [-0.15, -0.1) is 0 Å². The molecule has 110 valence electrons. The van der Waals surface area contributed by atoms with Crippen LogP contribution in [-0.2, 0) is 6.54 Å². The Morgan fingerprint density at radius 2 is 2.15 bits per heavy atom. The summed E-state index contributed by atoms with van der Waals surface area (Å²) in [5, 5.41) is 0. The predicted molar refractivity (Wildman–Crippen MR) is 90.0 cm³/mol. The Bertz CT molecular complexity index is 484. The molecule has 3 heteroatoms. The Balaban J connectivity index is 2.03. The summed E-state index contributed by atoms with van der Waals surface area (Å²) in [4.78, 5) is 2.99.